The number of nitrogens with one attached hydrogen (secondary N) is 1. The van der Waals surface area contributed by atoms with Crippen molar-refractivity contribution >= 4 is 33.0 Å². The van der Waals surface area contributed by atoms with Gasteiger partial charge >= 0.3 is 0 Å². The second-order valence-electron chi connectivity index (χ2n) is 4.69. The van der Waals surface area contributed by atoms with Crippen LogP contribution in [0, 0.1) is 0 Å². The van der Waals surface area contributed by atoms with E-state index in [2.05, 4.69) is 29.4 Å². The molecule has 0 aliphatic carbocycles. The number of fused-ring (bicyclic) bond motifs is 1. The maximum atomic E-state index is 6.44. The molecule has 0 aliphatic rings. The van der Waals surface area contributed by atoms with E-state index in [0.717, 1.165) is 22.6 Å². The van der Waals surface area contributed by atoms with Gasteiger partial charge in [0.15, 0.2) is 0 Å². The third-order valence-electron chi connectivity index (χ3n) is 3.30. The van der Waals surface area contributed by atoms with Crippen LogP contribution in [0.2, 0.25) is 5.02 Å². The molecule has 0 saturated heterocycles. The van der Waals surface area contributed by atoms with E-state index in [1.54, 1.807) is 11.3 Å². The van der Waals surface area contributed by atoms with Gasteiger partial charge in [0.05, 0.1) is 10.7 Å². The number of thiophene rings is 1. The Morgan fingerprint density at radius 2 is 2.00 bits per heavy atom. The van der Waals surface area contributed by atoms with Gasteiger partial charge in [-0.2, -0.15) is 0 Å². The summed E-state index contributed by atoms with van der Waals surface area (Å²) in [6.45, 7) is 2.87. The van der Waals surface area contributed by atoms with Gasteiger partial charge in [0.1, 0.15) is 0 Å². The molecule has 2 nitrogen and oxygen atoms in total. The fraction of sp³-hybridized carbons (Fsp3) is 0.188. The van der Waals surface area contributed by atoms with E-state index >= 15 is 0 Å². The molecule has 2 aromatic heterocycles. The van der Waals surface area contributed by atoms with Gasteiger partial charge in [0.2, 0.25) is 0 Å². The van der Waals surface area contributed by atoms with E-state index in [-0.39, 0.29) is 6.04 Å². The Hall–Kier alpha value is -1.42. The highest BCUT2D eigenvalue weighted by molar-refractivity contribution is 7.19. The third kappa shape index (κ3) is 2.70. The molecule has 0 fully saturated rings. The normalized spacial score (nSPS) is 12.7. The molecule has 1 atom stereocenters. The van der Waals surface area contributed by atoms with Gasteiger partial charge in [-0.3, -0.25) is 4.98 Å². The molecule has 20 heavy (non-hydrogen) atoms. The highest BCUT2D eigenvalue weighted by Crippen LogP contribution is 2.35. The lowest BCUT2D eigenvalue weighted by Gasteiger charge is -2.12. The first-order chi connectivity index (χ1) is 9.75. The van der Waals surface area contributed by atoms with Gasteiger partial charge in [-0.25, -0.2) is 0 Å². The van der Waals surface area contributed by atoms with Crippen molar-refractivity contribution in [2.75, 3.05) is 0 Å². The topological polar surface area (TPSA) is 24.9 Å². The average Bonchev–Trinajstić information content (AvgIpc) is 2.83. The monoisotopic (exact) mass is 302 g/mol. The second-order valence-corrected chi connectivity index (χ2v) is 6.21. The molecule has 0 spiro atoms. The van der Waals surface area contributed by atoms with Crippen LogP contribution in [-0.4, -0.2) is 4.98 Å². The molecule has 2 heterocycles. The van der Waals surface area contributed by atoms with E-state index in [9.17, 15) is 0 Å². The number of benzene rings is 1. The first kappa shape index (κ1) is 13.6. The Morgan fingerprint density at radius 3 is 2.75 bits per heavy atom. The number of halogens is 1. The van der Waals surface area contributed by atoms with Gasteiger partial charge in [-0.1, -0.05) is 35.9 Å². The van der Waals surface area contributed by atoms with Crippen LogP contribution in [0.1, 0.15) is 23.5 Å². The van der Waals surface area contributed by atoms with Crippen molar-refractivity contribution in [3.8, 4) is 0 Å². The molecule has 0 saturated carbocycles. The van der Waals surface area contributed by atoms with Gasteiger partial charge < -0.3 is 5.32 Å². The largest absolute Gasteiger partial charge is 0.304 e. The lowest BCUT2D eigenvalue weighted by Crippen LogP contribution is -2.18. The highest BCUT2D eigenvalue weighted by atomic mass is 35.5. The van der Waals surface area contributed by atoms with Crippen molar-refractivity contribution in [1.82, 2.24) is 10.3 Å². The van der Waals surface area contributed by atoms with Gasteiger partial charge in [0, 0.05) is 33.7 Å². The third-order valence-corrected chi connectivity index (χ3v) is 5.02. The molecular formula is C16H15ClN2S. The summed E-state index contributed by atoms with van der Waals surface area (Å²) in [7, 11) is 0. The Morgan fingerprint density at radius 1 is 1.20 bits per heavy atom. The van der Waals surface area contributed by atoms with E-state index in [0.29, 0.717) is 0 Å². The summed E-state index contributed by atoms with van der Waals surface area (Å²) in [4.78, 5) is 5.54. The summed E-state index contributed by atoms with van der Waals surface area (Å²) in [5, 5.41) is 5.49. The van der Waals surface area contributed by atoms with E-state index in [1.807, 2.05) is 36.5 Å². The summed E-state index contributed by atoms with van der Waals surface area (Å²) < 4.78 is 1.24. The lowest BCUT2D eigenvalue weighted by molar-refractivity contribution is 0.565. The Labute approximate surface area is 127 Å². The smallest absolute Gasteiger partial charge is 0.0636 e. The van der Waals surface area contributed by atoms with Crippen LogP contribution in [0.5, 0.6) is 0 Å². The molecule has 0 aliphatic heterocycles. The Balaban J connectivity index is 1.76. The van der Waals surface area contributed by atoms with Crippen molar-refractivity contribution in [2.24, 2.45) is 0 Å². The SMILES string of the molecule is C[C@H](NCc1sc2ccccc2c1Cl)c1ccccn1. The van der Waals surface area contributed by atoms with Crippen LogP contribution < -0.4 is 5.32 Å². The number of nitrogens with zero attached hydrogens (tertiary/aromatic N) is 1. The Kier molecular flexibility index (Phi) is 4.01. The van der Waals surface area contributed by atoms with Gasteiger partial charge in [-0.05, 0) is 25.1 Å². The summed E-state index contributed by atoms with van der Waals surface area (Å²) >= 11 is 8.19. The minimum absolute atomic E-state index is 0.206. The molecule has 1 aromatic carbocycles. The molecule has 1 N–H and O–H groups in total. The predicted molar refractivity (Wildman–Crippen MR) is 86.3 cm³/mol. The zero-order valence-electron chi connectivity index (χ0n) is 11.1. The molecular weight excluding hydrogens is 288 g/mol. The zero-order chi connectivity index (χ0) is 13.9. The number of hydrogen-bond acceptors (Lipinski definition) is 3. The van der Waals surface area contributed by atoms with Crippen molar-refractivity contribution in [3.05, 3.63) is 64.3 Å². The summed E-state index contributed by atoms with van der Waals surface area (Å²) in [5.41, 5.74) is 1.05. The maximum Gasteiger partial charge on any atom is 0.0636 e. The van der Waals surface area contributed by atoms with Crippen LogP contribution >= 0.6 is 22.9 Å². The quantitative estimate of drug-likeness (QED) is 0.749. The number of rotatable bonds is 4. The molecule has 0 bridgehead atoms. The average molecular weight is 303 g/mol. The minimum atomic E-state index is 0.206. The lowest BCUT2D eigenvalue weighted by atomic mass is 10.2. The fourth-order valence-electron chi connectivity index (χ4n) is 2.16. The fourth-order valence-corrected chi connectivity index (χ4v) is 3.61. The molecule has 0 radical (unpaired) electrons. The van der Waals surface area contributed by atoms with E-state index in [1.165, 1.54) is 9.58 Å². The van der Waals surface area contributed by atoms with Crippen molar-refractivity contribution in [1.29, 1.82) is 0 Å². The van der Waals surface area contributed by atoms with Crippen LogP contribution in [0.25, 0.3) is 10.1 Å². The Bertz CT molecular complexity index is 709. The molecule has 4 heteroatoms. The first-order valence-electron chi connectivity index (χ1n) is 6.56. The van der Waals surface area contributed by atoms with Gasteiger partial charge in [-0.15, -0.1) is 11.3 Å². The van der Waals surface area contributed by atoms with Crippen molar-refractivity contribution in [3.63, 3.8) is 0 Å². The van der Waals surface area contributed by atoms with Crippen LogP contribution in [-0.2, 0) is 6.54 Å². The highest BCUT2D eigenvalue weighted by Gasteiger charge is 2.11. The summed E-state index contributed by atoms with van der Waals surface area (Å²) in [6.07, 6.45) is 1.82. The van der Waals surface area contributed by atoms with E-state index < -0.39 is 0 Å². The molecule has 0 amide bonds. The minimum Gasteiger partial charge on any atom is -0.304 e. The summed E-state index contributed by atoms with van der Waals surface area (Å²) in [6, 6.07) is 14.4. The molecule has 102 valence electrons. The van der Waals surface area contributed by atoms with Crippen molar-refractivity contribution < 1.29 is 0 Å². The molecule has 3 aromatic rings. The number of pyridine rings is 1. The van der Waals surface area contributed by atoms with Gasteiger partial charge in [0.25, 0.3) is 0 Å². The maximum absolute atomic E-state index is 6.44. The standard InChI is InChI=1S/C16H15ClN2S/c1-11(13-7-4-5-9-18-13)19-10-15-16(17)12-6-2-3-8-14(12)20-15/h2-9,11,19H,10H2,1H3/t11-/m0/s1. The predicted octanol–water partition coefficient (Wildman–Crippen LogP) is 4.80. The zero-order valence-corrected chi connectivity index (χ0v) is 12.7. The number of hydrogen-bond donors (Lipinski definition) is 1. The summed E-state index contributed by atoms with van der Waals surface area (Å²) in [5.74, 6) is 0. The first-order valence-corrected chi connectivity index (χ1v) is 7.75. The van der Waals surface area contributed by atoms with Crippen LogP contribution in [0.4, 0.5) is 0 Å². The van der Waals surface area contributed by atoms with E-state index in [4.69, 9.17) is 11.6 Å². The molecule has 0 unspecified atom stereocenters. The number of aromatic nitrogens is 1. The van der Waals surface area contributed by atoms with Crippen molar-refractivity contribution in [2.45, 2.75) is 19.5 Å². The molecule has 3 rings (SSSR count). The van der Waals surface area contributed by atoms with Crippen LogP contribution in [0.3, 0.4) is 0 Å². The van der Waals surface area contributed by atoms with Crippen LogP contribution in [0.15, 0.2) is 48.7 Å². The second kappa shape index (κ2) is 5.92.